The molecule has 1 fully saturated rings. The number of aromatic nitrogens is 4. The van der Waals surface area contributed by atoms with E-state index in [-0.39, 0.29) is 18.3 Å². The molecule has 0 radical (unpaired) electrons. The van der Waals surface area contributed by atoms with E-state index >= 15 is 0 Å². The summed E-state index contributed by atoms with van der Waals surface area (Å²) >= 11 is 0. The Labute approximate surface area is 256 Å². The topological polar surface area (TPSA) is 102 Å². The van der Waals surface area contributed by atoms with Gasteiger partial charge in [-0.05, 0) is 29.2 Å². The minimum absolute atomic E-state index is 0.314. The first-order valence-electron chi connectivity index (χ1n) is 15.7. The van der Waals surface area contributed by atoms with Gasteiger partial charge in [0.25, 0.3) is 0 Å². The number of benzene rings is 1. The first kappa shape index (κ1) is 33.1. The van der Waals surface area contributed by atoms with Gasteiger partial charge in [0.1, 0.15) is 24.9 Å². The zero-order chi connectivity index (χ0) is 30.9. The fourth-order valence-corrected chi connectivity index (χ4v) is 4.75. The van der Waals surface area contributed by atoms with E-state index < -0.39 is 6.23 Å². The van der Waals surface area contributed by atoms with Gasteiger partial charge in [0, 0.05) is 26.4 Å². The van der Waals surface area contributed by atoms with Gasteiger partial charge in [0.2, 0.25) is 11.8 Å². The largest absolute Gasteiger partial charge is 0.471 e. The van der Waals surface area contributed by atoms with Crippen molar-refractivity contribution in [3.05, 3.63) is 42.2 Å². The quantitative estimate of drug-likeness (QED) is 0.197. The van der Waals surface area contributed by atoms with E-state index in [9.17, 15) is 0 Å². The van der Waals surface area contributed by atoms with Gasteiger partial charge < -0.3 is 29.0 Å². The third kappa shape index (κ3) is 9.35. The summed E-state index contributed by atoms with van der Waals surface area (Å²) in [7, 11) is 0. The van der Waals surface area contributed by atoms with Gasteiger partial charge in [-0.25, -0.2) is 4.98 Å². The standard InChI is InChI=1S/C33H51N5O5/c1-21(2)14-34-33-36-30-27(31(37-33)42-18-25-12-10-9-11-13-25)35-20-38(30)32-29(41-17-24(7)8)28(40-16-23(5)6)26(43-32)19-39-15-22(3)4/h9-13,20-24,26,28-29,32H,14-19H2,1-8H3,(H,34,36,37)/t26-,28-,29-,32-/m1/s1. The number of hydrogen-bond acceptors (Lipinski definition) is 9. The molecular formula is C33H51N5O5. The molecule has 1 saturated heterocycles. The van der Waals surface area contributed by atoms with Gasteiger partial charge >= 0.3 is 0 Å². The van der Waals surface area contributed by atoms with Crippen LogP contribution in [0.1, 0.15) is 67.2 Å². The molecule has 2 aromatic heterocycles. The van der Waals surface area contributed by atoms with E-state index in [1.165, 1.54) is 0 Å². The second kappa shape index (κ2) is 15.8. The summed E-state index contributed by atoms with van der Waals surface area (Å²) in [6.45, 7) is 20.4. The number of rotatable bonds is 17. The van der Waals surface area contributed by atoms with Crippen LogP contribution in [0.3, 0.4) is 0 Å². The summed E-state index contributed by atoms with van der Waals surface area (Å²) in [5.74, 6) is 2.43. The Kier molecular flexibility index (Phi) is 12.2. The number of nitrogens with zero attached hydrogens (tertiary/aromatic N) is 4. The van der Waals surface area contributed by atoms with Crippen LogP contribution in [0.5, 0.6) is 5.88 Å². The van der Waals surface area contributed by atoms with E-state index in [0.717, 1.165) is 12.1 Å². The molecule has 4 atom stereocenters. The average molecular weight is 598 g/mol. The number of ether oxygens (including phenoxy) is 5. The van der Waals surface area contributed by atoms with E-state index in [2.05, 4.69) is 60.7 Å². The Morgan fingerprint density at radius 3 is 2.16 bits per heavy atom. The van der Waals surface area contributed by atoms with Crippen LogP contribution >= 0.6 is 0 Å². The lowest BCUT2D eigenvalue weighted by molar-refractivity contribution is -0.0904. The van der Waals surface area contributed by atoms with Crippen molar-refractivity contribution in [2.45, 2.75) is 86.5 Å². The van der Waals surface area contributed by atoms with Gasteiger partial charge in [-0.15, -0.1) is 0 Å². The summed E-state index contributed by atoms with van der Waals surface area (Å²) in [6.07, 6.45) is 0.204. The van der Waals surface area contributed by atoms with Crippen LogP contribution in [-0.2, 0) is 25.6 Å². The van der Waals surface area contributed by atoms with Gasteiger partial charge in [0.15, 0.2) is 17.4 Å². The molecule has 1 aromatic carbocycles. The minimum Gasteiger partial charge on any atom is -0.471 e. The molecule has 10 nitrogen and oxygen atoms in total. The van der Waals surface area contributed by atoms with Crippen LogP contribution < -0.4 is 10.1 Å². The molecule has 4 rings (SSSR count). The summed E-state index contributed by atoms with van der Waals surface area (Å²) in [6, 6.07) is 10.0. The molecule has 1 aliphatic rings. The van der Waals surface area contributed by atoms with Crippen LogP contribution in [0.4, 0.5) is 5.95 Å². The lowest BCUT2D eigenvalue weighted by atomic mass is 10.1. The number of fused-ring (bicyclic) bond motifs is 1. The molecule has 3 heterocycles. The molecule has 0 spiro atoms. The number of anilines is 1. The highest BCUT2D eigenvalue weighted by Crippen LogP contribution is 2.37. The second-order valence-electron chi connectivity index (χ2n) is 13.1. The summed E-state index contributed by atoms with van der Waals surface area (Å²) in [5, 5.41) is 3.36. The Balaban J connectivity index is 1.71. The fourth-order valence-electron chi connectivity index (χ4n) is 4.75. The first-order chi connectivity index (χ1) is 20.6. The predicted molar refractivity (Wildman–Crippen MR) is 168 cm³/mol. The Morgan fingerprint density at radius 1 is 0.837 bits per heavy atom. The van der Waals surface area contributed by atoms with Crippen molar-refractivity contribution in [1.29, 1.82) is 0 Å². The van der Waals surface area contributed by atoms with Gasteiger partial charge in [0.05, 0.1) is 12.9 Å². The van der Waals surface area contributed by atoms with Crippen LogP contribution in [0.2, 0.25) is 0 Å². The first-order valence-corrected chi connectivity index (χ1v) is 15.7. The molecule has 43 heavy (non-hydrogen) atoms. The molecular weight excluding hydrogens is 546 g/mol. The Bertz CT molecular complexity index is 1250. The molecule has 0 bridgehead atoms. The Hall–Kier alpha value is -2.79. The Morgan fingerprint density at radius 2 is 1.51 bits per heavy atom. The SMILES string of the molecule is CC(C)CNc1nc(OCc2ccccc2)c2ncn([C@@H]3O[C@H](COCC(C)C)[C@@H](OCC(C)C)[C@H]3OCC(C)C)c2n1. The highest BCUT2D eigenvalue weighted by molar-refractivity contribution is 5.78. The van der Waals surface area contributed by atoms with Crippen molar-refractivity contribution >= 4 is 17.1 Å². The fraction of sp³-hybridized carbons (Fsp3) is 0.667. The van der Waals surface area contributed by atoms with E-state index in [1.807, 2.05) is 34.9 Å². The van der Waals surface area contributed by atoms with Crippen LogP contribution in [-0.4, -0.2) is 70.8 Å². The average Bonchev–Trinajstić information content (AvgIpc) is 3.53. The van der Waals surface area contributed by atoms with Crippen molar-refractivity contribution in [3.63, 3.8) is 0 Å². The highest BCUT2D eigenvalue weighted by atomic mass is 16.6. The molecule has 10 heteroatoms. The third-order valence-corrected chi connectivity index (χ3v) is 6.81. The summed E-state index contributed by atoms with van der Waals surface area (Å²) < 4.78 is 34.0. The van der Waals surface area contributed by atoms with E-state index in [1.54, 1.807) is 6.33 Å². The molecule has 1 N–H and O–H groups in total. The zero-order valence-electron chi connectivity index (χ0n) is 27.2. The van der Waals surface area contributed by atoms with Crippen LogP contribution in [0.25, 0.3) is 11.2 Å². The van der Waals surface area contributed by atoms with Crippen molar-refractivity contribution in [1.82, 2.24) is 19.5 Å². The molecule has 0 amide bonds. The van der Waals surface area contributed by atoms with Gasteiger partial charge in [-0.1, -0.05) is 85.7 Å². The zero-order valence-corrected chi connectivity index (χ0v) is 27.2. The number of hydrogen-bond donors (Lipinski definition) is 1. The summed E-state index contributed by atoms with van der Waals surface area (Å²) in [4.78, 5) is 14.3. The normalized spacial score (nSPS) is 20.7. The molecule has 0 aliphatic carbocycles. The van der Waals surface area contributed by atoms with Crippen molar-refractivity contribution in [3.8, 4) is 5.88 Å². The maximum atomic E-state index is 6.72. The molecule has 238 valence electrons. The monoisotopic (exact) mass is 597 g/mol. The number of nitrogens with one attached hydrogen (secondary N) is 1. The van der Waals surface area contributed by atoms with E-state index in [4.69, 9.17) is 38.6 Å². The maximum absolute atomic E-state index is 6.72. The smallest absolute Gasteiger partial charge is 0.247 e. The maximum Gasteiger partial charge on any atom is 0.247 e. The molecule has 0 saturated carbocycles. The molecule has 0 unspecified atom stereocenters. The summed E-state index contributed by atoms with van der Waals surface area (Å²) in [5.41, 5.74) is 2.22. The lowest BCUT2D eigenvalue weighted by Crippen LogP contribution is -2.40. The second-order valence-corrected chi connectivity index (χ2v) is 13.1. The van der Waals surface area contributed by atoms with Crippen molar-refractivity contribution < 1.29 is 23.7 Å². The van der Waals surface area contributed by atoms with Gasteiger partial charge in [-0.3, -0.25) is 4.57 Å². The van der Waals surface area contributed by atoms with Gasteiger partial charge in [-0.2, -0.15) is 9.97 Å². The van der Waals surface area contributed by atoms with Crippen LogP contribution in [0.15, 0.2) is 36.7 Å². The van der Waals surface area contributed by atoms with Crippen molar-refractivity contribution in [2.75, 3.05) is 38.3 Å². The number of imidazole rings is 1. The van der Waals surface area contributed by atoms with Crippen molar-refractivity contribution in [2.24, 2.45) is 23.7 Å². The lowest BCUT2D eigenvalue weighted by Gasteiger charge is -2.26. The third-order valence-electron chi connectivity index (χ3n) is 6.81. The predicted octanol–water partition coefficient (Wildman–Crippen LogP) is 6.13. The van der Waals surface area contributed by atoms with E-state index in [0.29, 0.717) is 79.7 Å². The minimum atomic E-state index is -0.525. The van der Waals surface area contributed by atoms with Crippen LogP contribution in [0, 0.1) is 23.7 Å². The highest BCUT2D eigenvalue weighted by Gasteiger charge is 2.48. The molecule has 1 aliphatic heterocycles. The molecule has 3 aromatic rings.